The molecule has 5 nitrogen and oxygen atoms in total. The zero-order chi connectivity index (χ0) is 17.1. The number of amides is 1. The van der Waals surface area contributed by atoms with Crippen molar-refractivity contribution in [3.8, 4) is 11.3 Å². The largest absolute Gasteiger partial charge is 0.449 e. The standard InChI is InChI=1S/C19H16N2O3/c1-12(18(20)22)24-19(23)15-11-17(13-7-3-2-4-8-13)21-16-10-6-5-9-14(15)16/h2-12H,1H3,(H2,20,22)/t12-/m0/s1. The fourth-order valence-electron chi connectivity index (χ4n) is 2.38. The smallest absolute Gasteiger partial charge is 0.339 e. The number of carbonyl (C=O) groups excluding carboxylic acids is 2. The van der Waals surface area contributed by atoms with Crippen LogP contribution >= 0.6 is 0 Å². The van der Waals surface area contributed by atoms with Crippen molar-refractivity contribution in [2.24, 2.45) is 5.73 Å². The summed E-state index contributed by atoms with van der Waals surface area (Å²) >= 11 is 0. The molecule has 0 aliphatic heterocycles. The average molecular weight is 320 g/mol. The zero-order valence-electron chi connectivity index (χ0n) is 13.1. The van der Waals surface area contributed by atoms with Crippen LogP contribution in [0.5, 0.6) is 0 Å². The van der Waals surface area contributed by atoms with E-state index in [4.69, 9.17) is 10.5 Å². The third-order valence-electron chi connectivity index (χ3n) is 3.69. The van der Waals surface area contributed by atoms with Gasteiger partial charge in [0.05, 0.1) is 16.8 Å². The SMILES string of the molecule is C[C@H](OC(=O)c1cc(-c2ccccc2)nc2ccccc12)C(N)=O. The number of pyridine rings is 1. The number of aromatic nitrogens is 1. The van der Waals surface area contributed by atoms with E-state index in [-0.39, 0.29) is 0 Å². The molecule has 2 N–H and O–H groups in total. The summed E-state index contributed by atoms with van der Waals surface area (Å²) in [6, 6.07) is 18.5. The van der Waals surface area contributed by atoms with Gasteiger partial charge in [-0.15, -0.1) is 0 Å². The molecule has 3 aromatic rings. The van der Waals surface area contributed by atoms with E-state index in [9.17, 15) is 9.59 Å². The van der Waals surface area contributed by atoms with E-state index in [0.29, 0.717) is 22.2 Å². The van der Waals surface area contributed by atoms with Crippen LogP contribution in [-0.2, 0) is 9.53 Å². The Labute approximate surface area is 139 Å². The second-order valence-corrected chi connectivity index (χ2v) is 5.39. The van der Waals surface area contributed by atoms with E-state index in [1.807, 2.05) is 48.5 Å². The van der Waals surface area contributed by atoms with Crippen LogP contribution in [0.2, 0.25) is 0 Å². The lowest BCUT2D eigenvalue weighted by Crippen LogP contribution is -2.30. The Morgan fingerprint density at radius 2 is 1.71 bits per heavy atom. The van der Waals surface area contributed by atoms with Crippen LogP contribution in [0, 0.1) is 0 Å². The maximum Gasteiger partial charge on any atom is 0.339 e. The highest BCUT2D eigenvalue weighted by Crippen LogP contribution is 2.25. The van der Waals surface area contributed by atoms with Crippen LogP contribution in [0.4, 0.5) is 0 Å². The van der Waals surface area contributed by atoms with Crippen molar-refractivity contribution in [2.75, 3.05) is 0 Å². The summed E-state index contributed by atoms with van der Waals surface area (Å²) in [4.78, 5) is 28.3. The molecule has 3 rings (SSSR count). The van der Waals surface area contributed by atoms with Crippen LogP contribution in [0.1, 0.15) is 17.3 Å². The summed E-state index contributed by atoms with van der Waals surface area (Å²) in [5, 5.41) is 0.666. The molecule has 0 unspecified atom stereocenters. The molecule has 5 heteroatoms. The Morgan fingerprint density at radius 3 is 2.42 bits per heavy atom. The molecule has 0 radical (unpaired) electrons. The molecule has 1 atom stereocenters. The van der Waals surface area contributed by atoms with E-state index >= 15 is 0 Å². The van der Waals surface area contributed by atoms with Crippen molar-refractivity contribution in [3.63, 3.8) is 0 Å². The van der Waals surface area contributed by atoms with Gasteiger partial charge in [-0.3, -0.25) is 4.79 Å². The number of nitrogens with two attached hydrogens (primary N) is 1. The van der Waals surface area contributed by atoms with Crippen LogP contribution in [-0.4, -0.2) is 23.0 Å². The lowest BCUT2D eigenvalue weighted by Gasteiger charge is -2.12. The Hall–Kier alpha value is -3.21. The lowest BCUT2D eigenvalue weighted by atomic mass is 10.0. The minimum absolute atomic E-state index is 0.354. The number of benzene rings is 2. The molecule has 0 aliphatic carbocycles. The molecule has 0 aliphatic rings. The number of nitrogens with zero attached hydrogens (tertiary/aromatic N) is 1. The summed E-state index contributed by atoms with van der Waals surface area (Å²) in [5.74, 6) is -1.29. The molecule has 0 saturated carbocycles. The van der Waals surface area contributed by atoms with Crippen LogP contribution in [0.15, 0.2) is 60.7 Å². The minimum Gasteiger partial charge on any atom is -0.449 e. The molecule has 24 heavy (non-hydrogen) atoms. The van der Waals surface area contributed by atoms with Gasteiger partial charge in [0, 0.05) is 10.9 Å². The Bertz CT molecular complexity index is 907. The maximum atomic E-state index is 12.5. The van der Waals surface area contributed by atoms with Gasteiger partial charge in [0.15, 0.2) is 6.10 Å². The molecular formula is C19H16N2O3. The lowest BCUT2D eigenvalue weighted by molar-refractivity contribution is -0.125. The van der Waals surface area contributed by atoms with E-state index in [1.54, 1.807) is 12.1 Å². The molecular weight excluding hydrogens is 304 g/mol. The van der Waals surface area contributed by atoms with E-state index in [1.165, 1.54) is 6.92 Å². The minimum atomic E-state index is -0.996. The van der Waals surface area contributed by atoms with Gasteiger partial charge < -0.3 is 10.5 Å². The summed E-state index contributed by atoms with van der Waals surface area (Å²) in [6.07, 6.45) is -0.996. The number of hydrogen-bond donors (Lipinski definition) is 1. The van der Waals surface area contributed by atoms with Gasteiger partial charge in [-0.1, -0.05) is 48.5 Å². The molecule has 0 saturated heterocycles. The van der Waals surface area contributed by atoms with Crippen molar-refractivity contribution in [2.45, 2.75) is 13.0 Å². The number of para-hydroxylation sites is 1. The van der Waals surface area contributed by atoms with E-state index < -0.39 is 18.0 Å². The van der Waals surface area contributed by atoms with Crippen molar-refractivity contribution < 1.29 is 14.3 Å². The predicted octanol–water partition coefficient (Wildman–Crippen LogP) is 2.93. The third-order valence-corrected chi connectivity index (χ3v) is 3.69. The normalized spacial score (nSPS) is 11.9. The Kier molecular flexibility index (Phi) is 4.24. The highest BCUT2D eigenvalue weighted by molar-refractivity contribution is 6.05. The second kappa shape index (κ2) is 6.50. The van der Waals surface area contributed by atoms with Gasteiger partial charge >= 0.3 is 5.97 Å². The fraction of sp³-hybridized carbons (Fsp3) is 0.105. The first-order valence-corrected chi connectivity index (χ1v) is 7.52. The molecule has 0 fully saturated rings. The summed E-state index contributed by atoms with van der Waals surface area (Å²) in [6.45, 7) is 1.45. The zero-order valence-corrected chi connectivity index (χ0v) is 13.1. The second-order valence-electron chi connectivity index (χ2n) is 5.39. The number of esters is 1. The summed E-state index contributed by atoms with van der Waals surface area (Å²) in [5.41, 5.74) is 7.75. The van der Waals surface area contributed by atoms with Gasteiger partial charge in [-0.05, 0) is 19.1 Å². The molecule has 0 spiro atoms. The first-order chi connectivity index (χ1) is 11.6. The number of fused-ring (bicyclic) bond motifs is 1. The van der Waals surface area contributed by atoms with Crippen molar-refractivity contribution >= 4 is 22.8 Å². The average Bonchev–Trinajstić information content (AvgIpc) is 2.61. The van der Waals surface area contributed by atoms with E-state index in [2.05, 4.69) is 4.98 Å². The molecule has 1 heterocycles. The number of primary amides is 1. The monoisotopic (exact) mass is 320 g/mol. The number of hydrogen-bond acceptors (Lipinski definition) is 4. The first-order valence-electron chi connectivity index (χ1n) is 7.52. The highest BCUT2D eigenvalue weighted by atomic mass is 16.5. The topological polar surface area (TPSA) is 82.3 Å². The van der Waals surface area contributed by atoms with Crippen molar-refractivity contribution in [1.29, 1.82) is 0 Å². The van der Waals surface area contributed by atoms with Crippen LogP contribution in [0.25, 0.3) is 22.2 Å². The third kappa shape index (κ3) is 3.10. The van der Waals surface area contributed by atoms with Gasteiger partial charge in [0.25, 0.3) is 5.91 Å². The highest BCUT2D eigenvalue weighted by Gasteiger charge is 2.19. The Morgan fingerprint density at radius 1 is 1.04 bits per heavy atom. The number of ether oxygens (including phenoxy) is 1. The predicted molar refractivity (Wildman–Crippen MR) is 91.3 cm³/mol. The number of rotatable bonds is 4. The molecule has 2 aromatic carbocycles. The van der Waals surface area contributed by atoms with Gasteiger partial charge in [-0.25, -0.2) is 9.78 Å². The van der Waals surface area contributed by atoms with Crippen molar-refractivity contribution in [1.82, 2.24) is 4.98 Å². The van der Waals surface area contributed by atoms with Gasteiger partial charge in [-0.2, -0.15) is 0 Å². The fourth-order valence-corrected chi connectivity index (χ4v) is 2.38. The van der Waals surface area contributed by atoms with Crippen LogP contribution < -0.4 is 5.73 Å². The van der Waals surface area contributed by atoms with Gasteiger partial charge in [0.1, 0.15) is 0 Å². The maximum absolute atomic E-state index is 12.5. The summed E-state index contributed by atoms with van der Waals surface area (Å²) < 4.78 is 5.16. The van der Waals surface area contributed by atoms with Crippen molar-refractivity contribution in [3.05, 3.63) is 66.2 Å². The first kappa shape index (κ1) is 15.7. The molecule has 1 aromatic heterocycles. The Balaban J connectivity index is 2.11. The number of carbonyl (C=O) groups is 2. The van der Waals surface area contributed by atoms with Gasteiger partial charge in [0.2, 0.25) is 0 Å². The molecule has 0 bridgehead atoms. The molecule has 120 valence electrons. The summed E-state index contributed by atoms with van der Waals surface area (Å²) in [7, 11) is 0. The molecule has 1 amide bonds. The van der Waals surface area contributed by atoms with E-state index in [0.717, 1.165) is 5.56 Å². The quantitative estimate of drug-likeness (QED) is 0.749. The van der Waals surface area contributed by atoms with Crippen LogP contribution in [0.3, 0.4) is 0 Å².